The molecule has 1 fully saturated rings. The number of rotatable bonds is 4. The minimum absolute atomic E-state index is 0.00868. The molecule has 0 radical (unpaired) electrons. The molecule has 1 aromatic rings. The maximum atomic E-state index is 12.6. The average Bonchev–Trinajstić information content (AvgIpc) is 2.54. The first-order valence-corrected chi connectivity index (χ1v) is 10.0. The van der Waals surface area contributed by atoms with E-state index in [0.29, 0.717) is 31.5 Å². The Labute approximate surface area is 151 Å². The minimum atomic E-state index is -3.43. The molecule has 1 aliphatic heterocycles. The first-order valence-electron chi connectivity index (χ1n) is 8.60. The Morgan fingerprint density at radius 2 is 1.64 bits per heavy atom. The summed E-state index contributed by atoms with van der Waals surface area (Å²) in [5.74, 6) is 0.00868. The van der Waals surface area contributed by atoms with E-state index >= 15 is 0 Å². The van der Waals surface area contributed by atoms with Crippen LogP contribution < -0.4 is 4.72 Å². The summed E-state index contributed by atoms with van der Waals surface area (Å²) in [6, 6.07) is 7.64. The molecule has 1 heterocycles. The zero-order valence-corrected chi connectivity index (χ0v) is 16.6. The Morgan fingerprint density at radius 1 is 1.12 bits per heavy atom. The highest BCUT2D eigenvalue weighted by Gasteiger charge is 2.27. The molecule has 6 nitrogen and oxygen atoms in total. The molecule has 0 spiro atoms. The Morgan fingerprint density at radius 3 is 2.08 bits per heavy atom. The molecule has 1 amide bonds. The molecule has 7 heteroatoms. The number of carbonyl (C=O) groups is 1. The van der Waals surface area contributed by atoms with E-state index < -0.39 is 10.2 Å². The van der Waals surface area contributed by atoms with Gasteiger partial charge in [0.05, 0.1) is 0 Å². The number of benzene rings is 1. The van der Waals surface area contributed by atoms with Gasteiger partial charge in [-0.15, -0.1) is 0 Å². The minimum Gasteiger partial charge on any atom is -0.339 e. The lowest BCUT2D eigenvalue weighted by molar-refractivity contribution is 0.0711. The van der Waals surface area contributed by atoms with Crippen LogP contribution in [0.25, 0.3) is 0 Å². The summed E-state index contributed by atoms with van der Waals surface area (Å²) >= 11 is 0. The van der Waals surface area contributed by atoms with E-state index in [0.717, 1.165) is 0 Å². The number of amides is 1. The summed E-state index contributed by atoms with van der Waals surface area (Å²) in [5, 5.41) is 0. The van der Waals surface area contributed by atoms with Gasteiger partial charge < -0.3 is 4.90 Å². The summed E-state index contributed by atoms with van der Waals surface area (Å²) in [6.07, 6.45) is 1.25. The number of piperidine rings is 1. The number of likely N-dealkylation sites (tertiary alicyclic amines) is 1. The van der Waals surface area contributed by atoms with Crippen LogP contribution in [0.1, 0.15) is 49.5 Å². The Balaban J connectivity index is 1.95. The van der Waals surface area contributed by atoms with Gasteiger partial charge in [-0.2, -0.15) is 17.4 Å². The van der Waals surface area contributed by atoms with Crippen LogP contribution in [0.4, 0.5) is 0 Å². The van der Waals surface area contributed by atoms with Crippen molar-refractivity contribution in [3.63, 3.8) is 0 Å². The fourth-order valence-corrected chi connectivity index (χ4v) is 3.68. The quantitative estimate of drug-likeness (QED) is 0.885. The third-order valence-corrected chi connectivity index (χ3v) is 6.17. The van der Waals surface area contributed by atoms with Gasteiger partial charge in [0.25, 0.3) is 16.1 Å². The predicted molar refractivity (Wildman–Crippen MR) is 99.8 cm³/mol. The molecule has 1 aliphatic rings. The number of hydrogen-bond donors (Lipinski definition) is 1. The van der Waals surface area contributed by atoms with Crippen LogP contribution in [-0.2, 0) is 15.6 Å². The predicted octanol–water partition coefficient (Wildman–Crippen LogP) is 1.98. The Bertz CT molecular complexity index is 698. The van der Waals surface area contributed by atoms with Crippen LogP contribution >= 0.6 is 0 Å². The van der Waals surface area contributed by atoms with E-state index in [-0.39, 0.29) is 17.4 Å². The lowest BCUT2D eigenvalue weighted by Gasteiger charge is -2.33. The molecule has 0 aliphatic carbocycles. The molecule has 0 unspecified atom stereocenters. The number of carbonyl (C=O) groups excluding carboxylic acids is 1. The van der Waals surface area contributed by atoms with Crippen molar-refractivity contribution in [1.29, 1.82) is 0 Å². The number of nitrogens with one attached hydrogen (secondary N) is 1. The van der Waals surface area contributed by atoms with E-state index in [1.54, 1.807) is 4.90 Å². The van der Waals surface area contributed by atoms with E-state index in [1.165, 1.54) is 24.0 Å². The second-order valence-electron chi connectivity index (χ2n) is 7.80. The number of hydrogen-bond acceptors (Lipinski definition) is 3. The zero-order chi connectivity index (χ0) is 18.8. The second kappa shape index (κ2) is 7.43. The molecule has 2 rings (SSSR count). The largest absolute Gasteiger partial charge is 0.339 e. The van der Waals surface area contributed by atoms with Crippen LogP contribution in [0.3, 0.4) is 0 Å². The lowest BCUT2D eigenvalue weighted by atomic mass is 9.86. The topological polar surface area (TPSA) is 69.7 Å². The van der Waals surface area contributed by atoms with Crippen molar-refractivity contribution in [2.24, 2.45) is 0 Å². The fourth-order valence-electron chi connectivity index (χ4n) is 2.81. The zero-order valence-electron chi connectivity index (χ0n) is 15.7. The molecule has 1 saturated heterocycles. The van der Waals surface area contributed by atoms with Gasteiger partial charge in [-0.1, -0.05) is 32.9 Å². The maximum absolute atomic E-state index is 12.6. The first-order chi connectivity index (χ1) is 11.5. The summed E-state index contributed by atoms with van der Waals surface area (Å²) in [5.41, 5.74) is 1.94. The first kappa shape index (κ1) is 19.9. The van der Waals surface area contributed by atoms with Gasteiger partial charge in [-0.25, -0.2) is 0 Å². The highest BCUT2D eigenvalue weighted by atomic mass is 32.2. The van der Waals surface area contributed by atoms with Gasteiger partial charge in [0.1, 0.15) is 0 Å². The van der Waals surface area contributed by atoms with Crippen LogP contribution in [0.15, 0.2) is 24.3 Å². The van der Waals surface area contributed by atoms with Crippen molar-refractivity contribution in [2.45, 2.75) is 45.1 Å². The SMILES string of the molecule is CN(C)S(=O)(=O)NC1CCN(C(=O)c2ccc(C(C)(C)C)cc2)CC1. The maximum Gasteiger partial charge on any atom is 0.279 e. The van der Waals surface area contributed by atoms with Gasteiger partial charge >= 0.3 is 0 Å². The van der Waals surface area contributed by atoms with Gasteiger partial charge in [0.2, 0.25) is 0 Å². The molecule has 1 N–H and O–H groups in total. The smallest absolute Gasteiger partial charge is 0.279 e. The van der Waals surface area contributed by atoms with Crippen molar-refractivity contribution < 1.29 is 13.2 Å². The molecular weight excluding hydrogens is 338 g/mol. The van der Waals surface area contributed by atoms with Crippen molar-refractivity contribution in [2.75, 3.05) is 27.2 Å². The van der Waals surface area contributed by atoms with Crippen molar-refractivity contribution >= 4 is 16.1 Å². The standard InChI is InChI=1S/C18H29N3O3S/c1-18(2,3)15-8-6-14(7-9-15)17(22)21-12-10-16(11-13-21)19-25(23,24)20(4)5/h6-9,16,19H,10-13H2,1-5H3. The number of nitrogens with zero attached hydrogens (tertiary/aromatic N) is 2. The molecule has 0 aromatic heterocycles. The monoisotopic (exact) mass is 367 g/mol. The van der Waals surface area contributed by atoms with E-state index in [2.05, 4.69) is 25.5 Å². The molecule has 0 saturated carbocycles. The highest BCUT2D eigenvalue weighted by molar-refractivity contribution is 7.87. The lowest BCUT2D eigenvalue weighted by Crippen LogP contribution is -2.49. The van der Waals surface area contributed by atoms with Crippen molar-refractivity contribution in [3.05, 3.63) is 35.4 Å². The third kappa shape index (κ3) is 5.03. The Hall–Kier alpha value is -1.44. The average molecular weight is 368 g/mol. The molecule has 0 atom stereocenters. The molecular formula is C18H29N3O3S. The van der Waals surface area contributed by atoms with Gasteiger partial charge in [0.15, 0.2) is 0 Å². The van der Waals surface area contributed by atoms with E-state index in [9.17, 15) is 13.2 Å². The molecule has 1 aromatic carbocycles. The van der Waals surface area contributed by atoms with Gasteiger partial charge in [-0.05, 0) is 36.0 Å². The molecule has 140 valence electrons. The van der Waals surface area contributed by atoms with Crippen LogP contribution in [-0.4, -0.2) is 56.8 Å². The summed E-state index contributed by atoms with van der Waals surface area (Å²) < 4.78 is 27.6. The van der Waals surface area contributed by atoms with Crippen LogP contribution in [0.5, 0.6) is 0 Å². The van der Waals surface area contributed by atoms with Gasteiger partial charge in [0, 0.05) is 38.8 Å². The fraction of sp³-hybridized carbons (Fsp3) is 0.611. The van der Waals surface area contributed by atoms with E-state index in [4.69, 9.17) is 0 Å². The second-order valence-corrected chi connectivity index (χ2v) is 9.72. The Kier molecular flexibility index (Phi) is 5.91. The van der Waals surface area contributed by atoms with Crippen LogP contribution in [0, 0.1) is 0 Å². The highest BCUT2D eigenvalue weighted by Crippen LogP contribution is 2.23. The molecule has 0 bridgehead atoms. The van der Waals surface area contributed by atoms with Crippen molar-refractivity contribution in [3.8, 4) is 0 Å². The van der Waals surface area contributed by atoms with E-state index in [1.807, 2.05) is 24.3 Å². The van der Waals surface area contributed by atoms with Crippen molar-refractivity contribution in [1.82, 2.24) is 13.9 Å². The third-order valence-electron chi connectivity index (χ3n) is 4.58. The van der Waals surface area contributed by atoms with Crippen LogP contribution in [0.2, 0.25) is 0 Å². The summed E-state index contributed by atoms with van der Waals surface area (Å²) in [6.45, 7) is 7.54. The van der Waals surface area contributed by atoms with Gasteiger partial charge in [-0.3, -0.25) is 4.79 Å². The summed E-state index contributed by atoms with van der Waals surface area (Å²) in [7, 11) is -0.422. The molecule has 25 heavy (non-hydrogen) atoms. The normalized spacial score (nSPS) is 17.1. The summed E-state index contributed by atoms with van der Waals surface area (Å²) in [4.78, 5) is 14.4.